The van der Waals surface area contributed by atoms with Gasteiger partial charge in [-0.2, -0.15) is 0 Å². The molecule has 0 fully saturated rings. The molecule has 0 saturated heterocycles. The fourth-order valence-corrected chi connectivity index (χ4v) is 2.78. The summed E-state index contributed by atoms with van der Waals surface area (Å²) in [6.45, 7) is 3.28. The lowest BCUT2D eigenvalue weighted by Gasteiger charge is -2.19. The fourth-order valence-electron chi connectivity index (χ4n) is 2.45. The number of fused-ring (bicyclic) bond motifs is 1. The number of hydrogen-bond donors (Lipinski definition) is 0. The summed E-state index contributed by atoms with van der Waals surface area (Å²) < 4.78 is 2.30. The van der Waals surface area contributed by atoms with Crippen LogP contribution in [0.1, 0.15) is 25.2 Å². The quantitative estimate of drug-likeness (QED) is 0.752. The van der Waals surface area contributed by atoms with Gasteiger partial charge < -0.3 is 9.47 Å². The van der Waals surface area contributed by atoms with Gasteiger partial charge in [0, 0.05) is 23.4 Å². The van der Waals surface area contributed by atoms with Crippen molar-refractivity contribution >= 4 is 34.2 Å². The molecular weight excluding hydrogens is 293 g/mol. The third-order valence-corrected chi connectivity index (χ3v) is 3.90. The Morgan fingerprint density at radius 1 is 1.35 bits per heavy atom. The number of aromatic nitrogens is 2. The maximum absolute atomic E-state index is 6.06. The van der Waals surface area contributed by atoms with Gasteiger partial charge in [0.1, 0.15) is 5.82 Å². The Labute approximate surface area is 130 Å². The van der Waals surface area contributed by atoms with Gasteiger partial charge in [-0.05, 0) is 52.2 Å². The standard InChI is InChI=1S/C15H21Cl2N3/c1-11(7-9-19(2)3)20-14-5-4-12(17)10-13(14)18-15(20)6-8-16/h4-5,10-11H,6-9H2,1-3H3. The topological polar surface area (TPSA) is 21.1 Å². The van der Waals surface area contributed by atoms with E-state index >= 15 is 0 Å². The summed E-state index contributed by atoms with van der Waals surface area (Å²) in [5.74, 6) is 1.63. The number of rotatable bonds is 6. The van der Waals surface area contributed by atoms with E-state index in [0.29, 0.717) is 11.9 Å². The van der Waals surface area contributed by atoms with E-state index in [1.54, 1.807) is 0 Å². The largest absolute Gasteiger partial charge is 0.325 e. The zero-order valence-electron chi connectivity index (χ0n) is 12.2. The van der Waals surface area contributed by atoms with E-state index in [1.165, 1.54) is 0 Å². The average molecular weight is 314 g/mol. The number of halogens is 2. The van der Waals surface area contributed by atoms with Gasteiger partial charge in [-0.1, -0.05) is 11.6 Å². The number of benzene rings is 1. The lowest BCUT2D eigenvalue weighted by Crippen LogP contribution is -2.18. The molecule has 2 aromatic rings. The molecule has 1 aromatic carbocycles. The Balaban J connectivity index is 2.39. The van der Waals surface area contributed by atoms with Crippen LogP contribution >= 0.6 is 23.2 Å². The highest BCUT2D eigenvalue weighted by Crippen LogP contribution is 2.26. The first-order valence-corrected chi connectivity index (χ1v) is 7.81. The molecule has 1 aromatic heterocycles. The Morgan fingerprint density at radius 3 is 2.75 bits per heavy atom. The molecule has 110 valence electrons. The van der Waals surface area contributed by atoms with Crippen molar-refractivity contribution in [1.82, 2.24) is 14.5 Å². The van der Waals surface area contributed by atoms with E-state index in [2.05, 4.69) is 36.6 Å². The second-order valence-electron chi connectivity index (χ2n) is 5.41. The van der Waals surface area contributed by atoms with Crippen LogP contribution in [0.3, 0.4) is 0 Å². The summed E-state index contributed by atoms with van der Waals surface area (Å²) in [6.07, 6.45) is 1.86. The molecule has 5 heteroatoms. The monoisotopic (exact) mass is 313 g/mol. The summed E-state index contributed by atoms with van der Waals surface area (Å²) >= 11 is 12.0. The van der Waals surface area contributed by atoms with Crippen molar-refractivity contribution < 1.29 is 0 Å². The van der Waals surface area contributed by atoms with Crippen molar-refractivity contribution in [2.75, 3.05) is 26.5 Å². The van der Waals surface area contributed by atoms with Crippen molar-refractivity contribution in [3.63, 3.8) is 0 Å². The predicted molar refractivity (Wildman–Crippen MR) is 87.0 cm³/mol. The highest BCUT2D eigenvalue weighted by Gasteiger charge is 2.15. The van der Waals surface area contributed by atoms with Gasteiger partial charge in [-0.3, -0.25) is 0 Å². The van der Waals surface area contributed by atoms with Crippen molar-refractivity contribution in [2.24, 2.45) is 0 Å². The molecular formula is C15H21Cl2N3. The number of imidazole rings is 1. The zero-order chi connectivity index (χ0) is 14.7. The molecule has 0 aliphatic heterocycles. The van der Waals surface area contributed by atoms with E-state index in [9.17, 15) is 0 Å². The molecule has 0 spiro atoms. The molecule has 0 aliphatic rings. The summed E-state index contributed by atoms with van der Waals surface area (Å²) in [5.41, 5.74) is 2.09. The van der Waals surface area contributed by atoms with Crippen LogP contribution in [-0.4, -0.2) is 41.0 Å². The van der Waals surface area contributed by atoms with Crippen molar-refractivity contribution in [3.05, 3.63) is 29.0 Å². The van der Waals surface area contributed by atoms with Gasteiger partial charge in [0.05, 0.1) is 11.0 Å². The first-order valence-electron chi connectivity index (χ1n) is 6.90. The average Bonchev–Trinajstić information content (AvgIpc) is 2.73. The third-order valence-electron chi connectivity index (χ3n) is 3.48. The van der Waals surface area contributed by atoms with Crippen LogP contribution in [0.5, 0.6) is 0 Å². The van der Waals surface area contributed by atoms with Crippen LogP contribution in [0, 0.1) is 0 Å². The number of hydrogen-bond acceptors (Lipinski definition) is 2. The minimum Gasteiger partial charge on any atom is -0.325 e. The molecule has 0 saturated carbocycles. The molecule has 1 unspecified atom stereocenters. The number of nitrogens with zero attached hydrogens (tertiary/aromatic N) is 3. The van der Waals surface area contributed by atoms with Gasteiger partial charge in [0.2, 0.25) is 0 Å². The van der Waals surface area contributed by atoms with Crippen LogP contribution in [0.2, 0.25) is 5.02 Å². The Morgan fingerprint density at radius 2 is 2.10 bits per heavy atom. The molecule has 2 rings (SSSR count). The normalized spacial score (nSPS) is 13.3. The molecule has 1 heterocycles. The van der Waals surface area contributed by atoms with E-state index in [-0.39, 0.29) is 0 Å². The number of aryl methyl sites for hydroxylation is 1. The van der Waals surface area contributed by atoms with E-state index in [0.717, 1.165) is 41.3 Å². The van der Waals surface area contributed by atoms with Crippen LogP contribution in [0.4, 0.5) is 0 Å². The molecule has 0 bridgehead atoms. The van der Waals surface area contributed by atoms with E-state index in [1.807, 2.05) is 12.1 Å². The maximum Gasteiger partial charge on any atom is 0.111 e. The molecule has 1 atom stereocenters. The number of alkyl halides is 1. The minimum absolute atomic E-state index is 0.391. The molecule has 20 heavy (non-hydrogen) atoms. The van der Waals surface area contributed by atoms with Crippen LogP contribution in [-0.2, 0) is 6.42 Å². The van der Waals surface area contributed by atoms with E-state index < -0.39 is 0 Å². The lowest BCUT2D eigenvalue weighted by atomic mass is 10.2. The second kappa shape index (κ2) is 6.79. The molecule has 0 amide bonds. The zero-order valence-corrected chi connectivity index (χ0v) is 13.7. The molecule has 0 radical (unpaired) electrons. The van der Waals surface area contributed by atoms with Gasteiger partial charge in [0.15, 0.2) is 0 Å². The van der Waals surface area contributed by atoms with Crippen molar-refractivity contribution in [2.45, 2.75) is 25.8 Å². The first-order chi connectivity index (χ1) is 9.52. The molecule has 3 nitrogen and oxygen atoms in total. The predicted octanol–water partition coefficient (Wildman–Crippen LogP) is 3.98. The Hall–Kier alpha value is -0.770. The second-order valence-corrected chi connectivity index (χ2v) is 6.23. The smallest absolute Gasteiger partial charge is 0.111 e. The molecule has 0 N–H and O–H groups in total. The fraction of sp³-hybridized carbons (Fsp3) is 0.533. The van der Waals surface area contributed by atoms with Crippen LogP contribution < -0.4 is 0 Å². The summed E-state index contributed by atoms with van der Waals surface area (Å²) in [7, 11) is 4.19. The lowest BCUT2D eigenvalue weighted by molar-refractivity contribution is 0.357. The SMILES string of the molecule is CC(CCN(C)C)n1c(CCCl)nc2cc(Cl)ccc21. The maximum atomic E-state index is 6.06. The van der Waals surface area contributed by atoms with Gasteiger partial charge in [0.25, 0.3) is 0 Å². The van der Waals surface area contributed by atoms with Crippen LogP contribution in [0.15, 0.2) is 18.2 Å². The molecule has 0 aliphatic carbocycles. The van der Waals surface area contributed by atoms with Gasteiger partial charge in [-0.15, -0.1) is 11.6 Å². The summed E-state index contributed by atoms with van der Waals surface area (Å²) in [5, 5.41) is 0.723. The summed E-state index contributed by atoms with van der Waals surface area (Å²) in [4.78, 5) is 6.89. The minimum atomic E-state index is 0.391. The van der Waals surface area contributed by atoms with Crippen LogP contribution in [0.25, 0.3) is 11.0 Å². The van der Waals surface area contributed by atoms with Gasteiger partial charge in [-0.25, -0.2) is 4.98 Å². The third kappa shape index (κ3) is 3.46. The Bertz CT molecular complexity index is 578. The Kier molecular flexibility index (Phi) is 5.30. The van der Waals surface area contributed by atoms with Crippen molar-refractivity contribution in [1.29, 1.82) is 0 Å². The summed E-state index contributed by atoms with van der Waals surface area (Å²) in [6, 6.07) is 6.28. The van der Waals surface area contributed by atoms with Crippen molar-refractivity contribution in [3.8, 4) is 0 Å². The van der Waals surface area contributed by atoms with E-state index in [4.69, 9.17) is 28.2 Å². The first kappa shape index (κ1) is 15.6. The highest BCUT2D eigenvalue weighted by atomic mass is 35.5. The van der Waals surface area contributed by atoms with Gasteiger partial charge >= 0.3 is 0 Å². The highest BCUT2D eigenvalue weighted by molar-refractivity contribution is 6.31.